The molecule has 4 aliphatic rings. The van der Waals surface area contributed by atoms with E-state index in [0.717, 1.165) is 30.4 Å². The highest BCUT2D eigenvalue weighted by Crippen LogP contribution is 2.68. The van der Waals surface area contributed by atoms with Crippen LogP contribution in [-0.2, 0) is 19.1 Å². The molecule has 1 N–H and O–H groups in total. The van der Waals surface area contributed by atoms with Crippen LogP contribution < -0.4 is 0 Å². The van der Waals surface area contributed by atoms with Crippen molar-refractivity contribution in [1.82, 2.24) is 0 Å². The van der Waals surface area contributed by atoms with Gasteiger partial charge in [0, 0.05) is 18.8 Å². The monoisotopic (exact) mass is 412 g/mol. The van der Waals surface area contributed by atoms with Crippen molar-refractivity contribution in [1.29, 1.82) is 0 Å². The van der Waals surface area contributed by atoms with Crippen LogP contribution in [-0.4, -0.2) is 34.9 Å². The minimum absolute atomic E-state index is 0.0875. The van der Waals surface area contributed by atoms with E-state index in [2.05, 4.69) is 26.5 Å². The van der Waals surface area contributed by atoms with E-state index in [-0.39, 0.29) is 35.4 Å². The van der Waals surface area contributed by atoms with Crippen LogP contribution in [0, 0.1) is 28.6 Å². The van der Waals surface area contributed by atoms with Crippen molar-refractivity contribution in [2.24, 2.45) is 28.6 Å². The Bertz CT molecular complexity index is 910. The van der Waals surface area contributed by atoms with Gasteiger partial charge in [-0.2, -0.15) is 0 Å². The van der Waals surface area contributed by atoms with E-state index in [1.165, 1.54) is 13.8 Å². The molecule has 5 heteroatoms. The second-order valence-electron chi connectivity index (χ2n) is 10.2. The smallest absolute Gasteiger partial charge is 0.303 e. The average molecular weight is 413 g/mol. The number of allylic oxidation sites excluding steroid dienone is 2. The second-order valence-corrected chi connectivity index (χ2v) is 10.2. The van der Waals surface area contributed by atoms with Crippen molar-refractivity contribution in [3.8, 4) is 0 Å². The highest BCUT2D eigenvalue weighted by atomic mass is 16.6. The molecule has 0 spiro atoms. The van der Waals surface area contributed by atoms with E-state index in [1.54, 1.807) is 6.08 Å². The number of aliphatic hydroxyl groups excluding tert-OH is 1. The topological polar surface area (TPSA) is 80.7 Å². The summed E-state index contributed by atoms with van der Waals surface area (Å²) >= 11 is 0. The fraction of sp³-hybridized carbons (Fsp3) is 0.640. The van der Waals surface area contributed by atoms with Crippen LogP contribution in [0.3, 0.4) is 0 Å². The number of carbonyl (C=O) groups is 3. The number of ketones is 2. The number of aliphatic hydroxyl groups is 1. The summed E-state index contributed by atoms with van der Waals surface area (Å²) in [6.07, 6.45) is 7.43. The van der Waals surface area contributed by atoms with Gasteiger partial charge in [-0.1, -0.05) is 26.5 Å². The summed E-state index contributed by atoms with van der Waals surface area (Å²) in [4.78, 5) is 37.1. The number of esters is 1. The van der Waals surface area contributed by atoms with Gasteiger partial charge in [-0.3, -0.25) is 14.4 Å². The predicted molar refractivity (Wildman–Crippen MR) is 112 cm³/mol. The van der Waals surface area contributed by atoms with Crippen LogP contribution in [0.4, 0.5) is 0 Å². The molecule has 0 heterocycles. The van der Waals surface area contributed by atoms with Crippen LogP contribution in [0.15, 0.2) is 35.5 Å². The number of carbonyl (C=O) groups excluding carboxylic acids is 3. The molecule has 4 rings (SSSR count). The molecule has 0 unspecified atom stereocenters. The fourth-order valence-electron chi connectivity index (χ4n) is 7.47. The highest BCUT2D eigenvalue weighted by Gasteiger charge is 2.69. The van der Waals surface area contributed by atoms with E-state index < -0.39 is 17.0 Å². The Kier molecular flexibility index (Phi) is 4.77. The summed E-state index contributed by atoms with van der Waals surface area (Å²) in [7, 11) is 0. The zero-order chi connectivity index (χ0) is 22.1. The number of Topliss-reactive ketones (excluding diaryl/α,β-unsaturated/α-hetero) is 1. The van der Waals surface area contributed by atoms with Crippen molar-refractivity contribution in [3.05, 3.63) is 35.5 Å². The first-order valence-corrected chi connectivity index (χ1v) is 11.0. The zero-order valence-corrected chi connectivity index (χ0v) is 18.4. The maximum absolute atomic E-state index is 12.9. The van der Waals surface area contributed by atoms with Gasteiger partial charge in [0.25, 0.3) is 0 Å². The number of fused-ring (bicyclic) bond motifs is 5. The van der Waals surface area contributed by atoms with Gasteiger partial charge < -0.3 is 9.84 Å². The Hall–Kier alpha value is -2.01. The van der Waals surface area contributed by atoms with Gasteiger partial charge in [-0.25, -0.2) is 0 Å². The van der Waals surface area contributed by atoms with Crippen LogP contribution in [0.5, 0.6) is 0 Å². The Morgan fingerprint density at radius 3 is 2.53 bits per heavy atom. The van der Waals surface area contributed by atoms with Gasteiger partial charge in [-0.15, -0.1) is 0 Å². The Morgan fingerprint density at radius 2 is 1.93 bits per heavy atom. The molecular weight excluding hydrogens is 380 g/mol. The third kappa shape index (κ3) is 2.54. The van der Waals surface area contributed by atoms with Crippen molar-refractivity contribution >= 4 is 17.5 Å². The normalized spacial score (nSPS) is 42.5. The van der Waals surface area contributed by atoms with Crippen molar-refractivity contribution in [2.75, 3.05) is 6.61 Å². The lowest BCUT2D eigenvalue weighted by molar-refractivity contribution is -0.179. The highest BCUT2D eigenvalue weighted by molar-refractivity contribution is 5.93. The summed E-state index contributed by atoms with van der Waals surface area (Å²) in [5.41, 5.74) is 0.498. The molecule has 6 atom stereocenters. The fourth-order valence-corrected chi connectivity index (χ4v) is 7.47. The Morgan fingerprint density at radius 1 is 1.23 bits per heavy atom. The minimum atomic E-state index is -1.29. The van der Waals surface area contributed by atoms with E-state index in [0.29, 0.717) is 24.3 Å². The van der Waals surface area contributed by atoms with Crippen LogP contribution in [0.2, 0.25) is 0 Å². The molecule has 0 aromatic rings. The van der Waals surface area contributed by atoms with E-state index in [4.69, 9.17) is 4.74 Å². The van der Waals surface area contributed by atoms with Gasteiger partial charge in [0.2, 0.25) is 0 Å². The molecule has 30 heavy (non-hydrogen) atoms. The molecule has 0 aromatic carbocycles. The summed E-state index contributed by atoms with van der Waals surface area (Å²) in [6, 6.07) is 0. The lowest BCUT2D eigenvalue weighted by Gasteiger charge is -2.58. The standard InChI is InChI=1S/C25H32O5/c1-14-10-22-19-11-17(13-26)21-12-18(29)6-8-23(21,4)20(19)7-9-24(22,5)25(14,15(2)27)30-16(3)28/h11-12,19-20,22,26H,1,6-10,13H2,2-5H3/t19-,20+,22+,23-,24+,25+/m1/s1. The van der Waals surface area contributed by atoms with Crippen molar-refractivity contribution in [3.63, 3.8) is 0 Å². The Labute approximate surface area is 178 Å². The maximum atomic E-state index is 12.9. The molecule has 0 aromatic heterocycles. The van der Waals surface area contributed by atoms with Gasteiger partial charge >= 0.3 is 5.97 Å². The summed E-state index contributed by atoms with van der Waals surface area (Å²) < 4.78 is 5.81. The SMILES string of the molecule is C=C1C[C@H]2[C@@H]3C=C(CO)C4=CC(=O)CC[C@]4(C)[C@H]3CC[C@]2(C)[C@@]1(OC(C)=O)C(C)=O. The number of ether oxygens (including phenoxy) is 1. The molecule has 0 amide bonds. The molecule has 2 saturated carbocycles. The molecule has 4 aliphatic carbocycles. The zero-order valence-electron chi connectivity index (χ0n) is 18.4. The number of hydrogen-bond donors (Lipinski definition) is 1. The second kappa shape index (κ2) is 6.74. The third-order valence-corrected chi connectivity index (χ3v) is 8.82. The molecule has 0 saturated heterocycles. The molecule has 0 bridgehead atoms. The number of hydrogen-bond acceptors (Lipinski definition) is 5. The molecule has 2 fully saturated rings. The van der Waals surface area contributed by atoms with Gasteiger partial charge in [-0.05, 0) is 78.6 Å². The minimum Gasteiger partial charge on any atom is -0.446 e. The number of rotatable bonds is 3. The van der Waals surface area contributed by atoms with Crippen molar-refractivity contribution < 1.29 is 24.2 Å². The van der Waals surface area contributed by atoms with E-state index >= 15 is 0 Å². The lowest BCUT2D eigenvalue weighted by Crippen LogP contribution is -2.58. The maximum Gasteiger partial charge on any atom is 0.303 e. The van der Waals surface area contributed by atoms with E-state index in [1.807, 2.05) is 0 Å². The molecule has 162 valence electrons. The van der Waals surface area contributed by atoms with Crippen LogP contribution >= 0.6 is 0 Å². The van der Waals surface area contributed by atoms with Gasteiger partial charge in [0.1, 0.15) is 0 Å². The predicted octanol–water partition coefficient (Wildman–Crippen LogP) is 3.71. The molecule has 0 aliphatic heterocycles. The van der Waals surface area contributed by atoms with Crippen LogP contribution in [0.25, 0.3) is 0 Å². The first kappa shape index (κ1) is 21.2. The third-order valence-electron chi connectivity index (χ3n) is 8.82. The van der Waals surface area contributed by atoms with Gasteiger partial charge in [0.15, 0.2) is 17.2 Å². The van der Waals surface area contributed by atoms with Crippen molar-refractivity contribution in [2.45, 2.75) is 65.4 Å². The first-order valence-electron chi connectivity index (χ1n) is 11.0. The first-order chi connectivity index (χ1) is 14.0. The summed E-state index contributed by atoms with van der Waals surface area (Å²) in [5, 5.41) is 10.1. The average Bonchev–Trinajstić information content (AvgIpc) is 2.90. The van der Waals surface area contributed by atoms with E-state index in [9.17, 15) is 19.5 Å². The molecular formula is C25H32O5. The quantitative estimate of drug-likeness (QED) is 0.564. The molecule has 5 nitrogen and oxygen atoms in total. The summed E-state index contributed by atoms with van der Waals surface area (Å²) in [5.74, 6) is 0.0370. The Balaban J connectivity index is 1.86. The lowest BCUT2D eigenvalue weighted by atomic mass is 9.47. The summed E-state index contributed by atoms with van der Waals surface area (Å²) in [6.45, 7) is 11.2. The molecule has 0 radical (unpaired) electrons. The van der Waals surface area contributed by atoms with Gasteiger partial charge in [0.05, 0.1) is 6.61 Å². The largest absolute Gasteiger partial charge is 0.446 e. The van der Waals surface area contributed by atoms with Crippen LogP contribution in [0.1, 0.15) is 59.8 Å².